The van der Waals surface area contributed by atoms with Gasteiger partial charge in [0.15, 0.2) is 0 Å². The number of benzene rings is 2. The maximum Gasteiger partial charge on any atom is 0.264 e. The Morgan fingerprint density at radius 3 is 2.76 bits per heavy atom. The number of hydrogen-bond donors (Lipinski definition) is 2. The molecule has 2 saturated carbocycles. The summed E-state index contributed by atoms with van der Waals surface area (Å²) in [5.41, 5.74) is 1.89. The second kappa shape index (κ2) is 12.9. The van der Waals surface area contributed by atoms with Crippen molar-refractivity contribution in [1.82, 2.24) is 4.72 Å². The Morgan fingerprint density at radius 1 is 1.12 bits per heavy atom. The summed E-state index contributed by atoms with van der Waals surface area (Å²) in [6, 6.07) is 11.4. The number of rotatable bonds is 1. The Kier molecular flexibility index (Phi) is 8.78. The monoisotopic (exact) mass is 718 g/mol. The average Bonchev–Trinajstić information content (AvgIpc) is 3.79. The summed E-state index contributed by atoms with van der Waals surface area (Å²) in [7, 11) is -3.97. The summed E-state index contributed by atoms with van der Waals surface area (Å²) < 4.78 is 40.7. The molecule has 3 heterocycles. The number of carbonyl (C=O) groups excluding carboxylic acids is 1. The van der Waals surface area contributed by atoms with Gasteiger partial charge in [0.05, 0.1) is 17.0 Å². The summed E-state index contributed by atoms with van der Waals surface area (Å²) >= 11 is 6.46. The number of sulfonamides is 1. The van der Waals surface area contributed by atoms with Gasteiger partial charge >= 0.3 is 0 Å². The van der Waals surface area contributed by atoms with Crippen molar-refractivity contribution in [3.05, 3.63) is 70.3 Å². The first-order chi connectivity index (χ1) is 24.0. The molecule has 0 unspecified atom stereocenters. The number of amides is 1. The highest BCUT2D eigenvalue weighted by atomic mass is 35.5. The molecular weight excluding hydrogens is 672 g/mol. The normalized spacial score (nSPS) is 35.4. The van der Waals surface area contributed by atoms with E-state index in [2.05, 4.69) is 33.6 Å². The number of nitrogens with zero attached hydrogens (tertiary/aromatic N) is 1. The van der Waals surface area contributed by atoms with Crippen LogP contribution in [0.5, 0.6) is 5.75 Å². The van der Waals surface area contributed by atoms with Crippen molar-refractivity contribution in [1.29, 1.82) is 0 Å². The molecule has 10 heteroatoms. The van der Waals surface area contributed by atoms with Crippen molar-refractivity contribution < 1.29 is 27.8 Å². The maximum atomic E-state index is 13.6. The van der Waals surface area contributed by atoms with Gasteiger partial charge in [-0.3, -0.25) is 4.79 Å². The zero-order chi connectivity index (χ0) is 34.7. The smallest absolute Gasteiger partial charge is 0.264 e. The summed E-state index contributed by atoms with van der Waals surface area (Å²) in [4.78, 5) is 15.9. The SMILES string of the molecule is C[C@@]12C[C@H]1C/C=C/[C@@](O)(C#CCC1CCOCC1)[C@@H]1CC[C@H]1CN1C[C@@]3(CCCc4cc(Cl)ccc43)COc3ccc(cc31)C(=O)NS2(=O)=O. The van der Waals surface area contributed by atoms with Crippen LogP contribution in [0.25, 0.3) is 0 Å². The number of fused-ring (bicyclic) bond motifs is 5. The minimum atomic E-state index is -3.97. The van der Waals surface area contributed by atoms with Gasteiger partial charge in [-0.1, -0.05) is 35.6 Å². The number of anilines is 1. The molecule has 8 rings (SSSR count). The highest BCUT2D eigenvalue weighted by Crippen LogP contribution is 2.53. The van der Waals surface area contributed by atoms with Gasteiger partial charge in [-0.05, 0) is 130 Å². The van der Waals surface area contributed by atoms with Crippen LogP contribution in [0.2, 0.25) is 5.02 Å². The van der Waals surface area contributed by atoms with E-state index in [1.54, 1.807) is 25.1 Å². The molecule has 3 fully saturated rings. The molecule has 3 aliphatic carbocycles. The molecule has 6 atom stereocenters. The number of carbonyl (C=O) groups is 1. The topological polar surface area (TPSA) is 105 Å². The lowest BCUT2D eigenvalue weighted by molar-refractivity contribution is -0.00329. The second-order valence-electron chi connectivity index (χ2n) is 15.9. The third-order valence-corrected chi connectivity index (χ3v) is 15.2. The van der Waals surface area contributed by atoms with Crippen LogP contribution in [0.4, 0.5) is 5.69 Å². The fourth-order valence-corrected chi connectivity index (χ4v) is 11.0. The standard InChI is InChI=1S/C40H47ClN2O6S/c1-38-23-31(38)7-4-18-40(45,17-2-5-27-14-19-48-20-15-27)34-11-8-30(34)24-43-25-39(16-3-6-28-21-32(41)10-12-33(28)39)26-49-36-13-9-29(22-35(36)43)37(44)42-50(38,46)47/h4,9-10,12-13,18,21-22,27,30-31,34,45H,3,5-8,11,14-16,19-20,23-26H2,1H3,(H,42,44)/b18-4+/t30-,31+,34+,38+,39-,40-/m0/s1. The number of aryl methyl sites for hydroxylation is 1. The fourth-order valence-electron chi connectivity index (χ4n) is 9.25. The number of aliphatic hydroxyl groups is 1. The molecule has 1 spiro atoms. The largest absolute Gasteiger partial charge is 0.490 e. The minimum absolute atomic E-state index is 0.0873. The number of halogens is 1. The molecule has 50 heavy (non-hydrogen) atoms. The molecule has 2 aromatic rings. The Balaban J connectivity index is 1.19. The van der Waals surface area contributed by atoms with Crippen LogP contribution in [-0.4, -0.2) is 62.7 Å². The van der Waals surface area contributed by atoms with Crippen molar-refractivity contribution in [3.8, 4) is 17.6 Å². The molecule has 2 N–H and O–H groups in total. The first-order valence-electron chi connectivity index (χ1n) is 18.3. The molecule has 0 radical (unpaired) electrons. The van der Waals surface area contributed by atoms with Gasteiger partial charge in [-0.25, -0.2) is 13.1 Å². The Hall–Kier alpha value is -3.03. The fraction of sp³-hybridized carbons (Fsp3) is 0.575. The highest BCUT2D eigenvalue weighted by molar-refractivity contribution is 7.91. The average molecular weight is 719 g/mol. The van der Waals surface area contributed by atoms with E-state index in [9.17, 15) is 18.3 Å². The molecule has 2 bridgehead atoms. The van der Waals surface area contributed by atoms with Crippen molar-refractivity contribution in [2.45, 2.75) is 86.9 Å². The van der Waals surface area contributed by atoms with Gasteiger partial charge in [-0.15, -0.1) is 0 Å². The van der Waals surface area contributed by atoms with Crippen molar-refractivity contribution in [2.75, 3.05) is 37.8 Å². The van der Waals surface area contributed by atoms with E-state index in [-0.39, 0.29) is 28.7 Å². The van der Waals surface area contributed by atoms with Crippen LogP contribution in [0, 0.1) is 35.5 Å². The molecule has 1 amide bonds. The van der Waals surface area contributed by atoms with Gasteiger partial charge in [0, 0.05) is 54.6 Å². The van der Waals surface area contributed by atoms with Crippen LogP contribution in [0.3, 0.4) is 0 Å². The third-order valence-electron chi connectivity index (χ3n) is 12.7. The first kappa shape index (κ1) is 34.1. The lowest BCUT2D eigenvalue weighted by atomic mass is 9.64. The lowest BCUT2D eigenvalue weighted by Gasteiger charge is -2.47. The van der Waals surface area contributed by atoms with E-state index in [0.717, 1.165) is 75.3 Å². The summed E-state index contributed by atoms with van der Waals surface area (Å²) in [6.45, 7) is 4.99. The summed E-state index contributed by atoms with van der Waals surface area (Å²) in [5, 5.41) is 13.1. The Labute approximate surface area is 301 Å². The van der Waals surface area contributed by atoms with E-state index >= 15 is 0 Å². The van der Waals surface area contributed by atoms with Crippen LogP contribution in [0.1, 0.15) is 86.2 Å². The molecule has 8 nitrogen and oxygen atoms in total. The summed E-state index contributed by atoms with van der Waals surface area (Å²) in [5.74, 6) is 7.12. The van der Waals surface area contributed by atoms with Crippen LogP contribution in [-0.2, 0) is 26.6 Å². The third kappa shape index (κ3) is 6.14. The van der Waals surface area contributed by atoms with Crippen molar-refractivity contribution in [2.24, 2.45) is 23.7 Å². The molecule has 266 valence electrons. The zero-order valence-electron chi connectivity index (χ0n) is 28.8. The van der Waals surface area contributed by atoms with E-state index < -0.39 is 26.3 Å². The van der Waals surface area contributed by atoms with E-state index in [4.69, 9.17) is 21.1 Å². The number of hydrogen-bond acceptors (Lipinski definition) is 7. The van der Waals surface area contributed by atoms with Gasteiger partial charge < -0.3 is 19.5 Å². The predicted molar refractivity (Wildman–Crippen MR) is 194 cm³/mol. The molecule has 2 aromatic carbocycles. The first-order valence-corrected chi connectivity index (χ1v) is 20.2. The molecule has 3 aliphatic heterocycles. The van der Waals surface area contributed by atoms with Crippen molar-refractivity contribution in [3.63, 3.8) is 0 Å². The van der Waals surface area contributed by atoms with Gasteiger partial charge in [0.2, 0.25) is 10.0 Å². The lowest BCUT2D eigenvalue weighted by Crippen LogP contribution is -2.52. The van der Waals surface area contributed by atoms with Crippen molar-refractivity contribution >= 4 is 33.2 Å². The van der Waals surface area contributed by atoms with E-state index in [1.165, 1.54) is 11.1 Å². The van der Waals surface area contributed by atoms with Crippen LogP contribution >= 0.6 is 11.6 Å². The summed E-state index contributed by atoms with van der Waals surface area (Å²) in [6.07, 6.45) is 12.1. The molecule has 1 saturated heterocycles. The van der Waals surface area contributed by atoms with Gasteiger partial charge in [-0.2, -0.15) is 0 Å². The van der Waals surface area contributed by atoms with Crippen LogP contribution < -0.4 is 14.4 Å². The van der Waals surface area contributed by atoms with E-state index in [1.807, 2.05) is 18.2 Å². The molecule has 0 aromatic heterocycles. The van der Waals surface area contributed by atoms with E-state index in [0.29, 0.717) is 44.2 Å². The van der Waals surface area contributed by atoms with Crippen LogP contribution in [0.15, 0.2) is 48.6 Å². The molecule has 6 aliphatic rings. The molecular formula is C40H47ClN2O6S. The Bertz CT molecular complexity index is 1880. The highest BCUT2D eigenvalue weighted by Gasteiger charge is 2.60. The number of ether oxygens (including phenoxy) is 2. The Morgan fingerprint density at radius 2 is 1.96 bits per heavy atom. The number of nitrogens with one attached hydrogen (secondary N) is 1. The zero-order valence-corrected chi connectivity index (χ0v) is 30.3. The second-order valence-corrected chi connectivity index (χ2v) is 18.5. The number of allylic oxidation sites excluding steroid dienone is 1. The van der Waals surface area contributed by atoms with Gasteiger partial charge in [0.25, 0.3) is 5.91 Å². The maximum absolute atomic E-state index is 13.6. The quantitative estimate of drug-likeness (QED) is 0.268. The van der Waals surface area contributed by atoms with Gasteiger partial charge in [0.1, 0.15) is 11.4 Å². The minimum Gasteiger partial charge on any atom is -0.490 e. The predicted octanol–water partition coefficient (Wildman–Crippen LogP) is 6.19.